The summed E-state index contributed by atoms with van der Waals surface area (Å²) in [5.41, 5.74) is -0.760. The first-order chi connectivity index (χ1) is 5.99. The fourth-order valence-electron chi connectivity index (χ4n) is 2.00. The number of hydrogen-bond donors (Lipinski definition) is 2. The summed E-state index contributed by atoms with van der Waals surface area (Å²) < 4.78 is 0. The van der Waals surface area contributed by atoms with Crippen molar-refractivity contribution in [3.05, 3.63) is 0 Å². The van der Waals surface area contributed by atoms with Crippen molar-refractivity contribution in [2.24, 2.45) is 5.92 Å². The van der Waals surface area contributed by atoms with Crippen LogP contribution in [0.2, 0.25) is 0 Å². The molecular weight excluding hydrogens is 166 g/mol. The van der Waals surface area contributed by atoms with Gasteiger partial charge in [-0.25, -0.2) is 4.90 Å². The van der Waals surface area contributed by atoms with Crippen LogP contribution in [0.25, 0.3) is 0 Å². The topological polar surface area (TPSA) is 43.7 Å². The maximum Gasteiger partial charge on any atom is 0.120 e. The van der Waals surface area contributed by atoms with E-state index >= 15 is 0 Å². The van der Waals surface area contributed by atoms with E-state index in [1.165, 1.54) is 0 Å². The van der Waals surface area contributed by atoms with E-state index in [-0.39, 0.29) is 0 Å². The second kappa shape index (κ2) is 3.95. The molecule has 2 unspecified atom stereocenters. The number of aliphatic hydroxyl groups is 2. The largest absolute Gasteiger partial charge is 0.378 e. The summed E-state index contributed by atoms with van der Waals surface area (Å²) in [6.45, 7) is 6.93. The van der Waals surface area contributed by atoms with Gasteiger partial charge in [-0.15, -0.1) is 0 Å². The van der Waals surface area contributed by atoms with Gasteiger partial charge in [-0.1, -0.05) is 20.8 Å². The van der Waals surface area contributed by atoms with Crippen molar-refractivity contribution < 1.29 is 10.2 Å². The average Bonchev–Trinajstić information content (AvgIpc) is 2.33. The summed E-state index contributed by atoms with van der Waals surface area (Å²) in [6, 6.07) is 0. The van der Waals surface area contributed by atoms with Gasteiger partial charge in [0.05, 0.1) is 0 Å². The molecule has 1 heterocycles. The van der Waals surface area contributed by atoms with Crippen LogP contribution >= 0.6 is 0 Å². The lowest BCUT2D eigenvalue weighted by Crippen LogP contribution is -2.48. The van der Waals surface area contributed by atoms with Crippen LogP contribution in [0.15, 0.2) is 0 Å². The van der Waals surface area contributed by atoms with E-state index in [1.807, 2.05) is 11.8 Å². The molecule has 0 saturated carbocycles. The molecule has 1 fully saturated rings. The van der Waals surface area contributed by atoms with Gasteiger partial charge in [0.1, 0.15) is 12.0 Å². The highest BCUT2D eigenvalue weighted by Gasteiger charge is 2.42. The van der Waals surface area contributed by atoms with Gasteiger partial charge < -0.3 is 10.2 Å². The number of nitrogens with zero attached hydrogens (tertiary/aromatic N) is 1. The Morgan fingerprint density at radius 2 is 2.15 bits per heavy atom. The first kappa shape index (κ1) is 11.0. The minimum Gasteiger partial charge on any atom is -0.378 e. The zero-order chi connectivity index (χ0) is 10.1. The van der Waals surface area contributed by atoms with Gasteiger partial charge in [0, 0.05) is 6.54 Å². The molecule has 13 heavy (non-hydrogen) atoms. The first-order valence-electron chi connectivity index (χ1n) is 5.17. The third kappa shape index (κ3) is 2.22. The Bertz CT molecular complexity index is 172. The normalized spacial score (nSPS) is 36.0. The molecule has 0 aliphatic carbocycles. The van der Waals surface area contributed by atoms with Crippen molar-refractivity contribution in [1.29, 1.82) is 0 Å². The fourth-order valence-corrected chi connectivity index (χ4v) is 2.00. The lowest BCUT2D eigenvalue weighted by molar-refractivity contribution is -0.138. The number of aliphatic hydroxyl groups excluding tert-OH is 1. The molecule has 0 aromatic carbocycles. The van der Waals surface area contributed by atoms with Crippen LogP contribution in [-0.4, -0.2) is 33.6 Å². The Hall–Kier alpha value is -0.120. The Morgan fingerprint density at radius 3 is 2.62 bits per heavy atom. The fraction of sp³-hybridized carbons (Fsp3) is 1.00. The van der Waals surface area contributed by atoms with Gasteiger partial charge in [-0.2, -0.15) is 0 Å². The molecule has 3 nitrogen and oxygen atoms in total. The van der Waals surface area contributed by atoms with Crippen molar-refractivity contribution in [1.82, 2.24) is 4.90 Å². The first-order valence-corrected chi connectivity index (χ1v) is 5.17. The number of likely N-dealkylation sites (tertiary alicyclic amines) is 1. The van der Waals surface area contributed by atoms with Gasteiger partial charge in [0.2, 0.25) is 0 Å². The van der Waals surface area contributed by atoms with Crippen molar-refractivity contribution in [2.45, 2.75) is 52.0 Å². The summed E-state index contributed by atoms with van der Waals surface area (Å²) in [6.07, 6.45) is 1.62. The van der Waals surface area contributed by atoms with E-state index in [2.05, 4.69) is 13.8 Å². The van der Waals surface area contributed by atoms with Crippen molar-refractivity contribution in [3.8, 4) is 0 Å². The van der Waals surface area contributed by atoms with Crippen molar-refractivity contribution in [2.75, 3.05) is 6.54 Å². The summed E-state index contributed by atoms with van der Waals surface area (Å²) in [7, 11) is 0. The van der Waals surface area contributed by atoms with E-state index in [0.29, 0.717) is 25.2 Å². The Labute approximate surface area is 80.4 Å². The standard InChI is InChI=1S/C10H21NO2/c1-4-10(13)6-5-9(12)11(10)7-8(2)3/h8-9,12-13H,4-7H2,1-3H3. The molecule has 2 atom stereocenters. The summed E-state index contributed by atoms with van der Waals surface area (Å²) in [5.74, 6) is 0.478. The van der Waals surface area contributed by atoms with E-state index in [1.54, 1.807) is 0 Å². The molecule has 1 saturated heterocycles. The lowest BCUT2D eigenvalue weighted by atomic mass is 10.1. The smallest absolute Gasteiger partial charge is 0.120 e. The minimum absolute atomic E-state index is 0.452. The summed E-state index contributed by atoms with van der Waals surface area (Å²) in [4.78, 5) is 1.83. The molecule has 78 valence electrons. The highest BCUT2D eigenvalue weighted by Crippen LogP contribution is 2.33. The van der Waals surface area contributed by atoms with Crippen LogP contribution in [0.1, 0.15) is 40.0 Å². The predicted octanol–water partition coefficient (Wildman–Crippen LogP) is 1.16. The molecule has 1 aliphatic heterocycles. The van der Waals surface area contributed by atoms with Crippen LogP contribution in [0.3, 0.4) is 0 Å². The molecule has 3 heteroatoms. The van der Waals surface area contributed by atoms with Crippen molar-refractivity contribution >= 4 is 0 Å². The quantitative estimate of drug-likeness (QED) is 0.696. The third-order valence-electron chi connectivity index (χ3n) is 2.83. The van der Waals surface area contributed by atoms with Crippen LogP contribution in [0.5, 0.6) is 0 Å². The molecule has 0 radical (unpaired) electrons. The van der Waals surface area contributed by atoms with E-state index in [9.17, 15) is 10.2 Å². The third-order valence-corrected chi connectivity index (χ3v) is 2.83. The van der Waals surface area contributed by atoms with Gasteiger partial charge >= 0.3 is 0 Å². The molecule has 2 N–H and O–H groups in total. The van der Waals surface area contributed by atoms with E-state index in [0.717, 1.165) is 6.54 Å². The molecule has 1 aliphatic rings. The monoisotopic (exact) mass is 187 g/mol. The minimum atomic E-state index is -0.760. The average molecular weight is 187 g/mol. The Kier molecular flexibility index (Phi) is 3.33. The van der Waals surface area contributed by atoms with E-state index < -0.39 is 12.0 Å². The molecule has 0 aromatic rings. The Morgan fingerprint density at radius 1 is 1.54 bits per heavy atom. The van der Waals surface area contributed by atoms with Crippen LogP contribution < -0.4 is 0 Å². The zero-order valence-electron chi connectivity index (χ0n) is 8.82. The highest BCUT2D eigenvalue weighted by molar-refractivity contribution is 4.87. The van der Waals surface area contributed by atoms with Gasteiger partial charge in [-0.3, -0.25) is 0 Å². The van der Waals surface area contributed by atoms with Crippen LogP contribution in [0.4, 0.5) is 0 Å². The maximum atomic E-state index is 10.1. The summed E-state index contributed by atoms with van der Waals surface area (Å²) >= 11 is 0. The molecule has 0 aromatic heterocycles. The van der Waals surface area contributed by atoms with Crippen molar-refractivity contribution in [3.63, 3.8) is 0 Å². The van der Waals surface area contributed by atoms with Crippen LogP contribution in [-0.2, 0) is 0 Å². The maximum absolute atomic E-state index is 10.1. The zero-order valence-corrected chi connectivity index (χ0v) is 8.82. The van der Waals surface area contributed by atoms with Gasteiger partial charge in [-0.05, 0) is 25.2 Å². The molecule has 0 amide bonds. The second-order valence-corrected chi connectivity index (χ2v) is 4.40. The molecule has 0 bridgehead atoms. The summed E-state index contributed by atoms with van der Waals surface area (Å²) in [5, 5.41) is 19.8. The molecular formula is C10H21NO2. The van der Waals surface area contributed by atoms with Gasteiger partial charge in [0.15, 0.2) is 0 Å². The molecule has 1 rings (SSSR count). The van der Waals surface area contributed by atoms with Crippen LogP contribution in [0, 0.1) is 5.92 Å². The van der Waals surface area contributed by atoms with Gasteiger partial charge in [0.25, 0.3) is 0 Å². The number of hydrogen-bond acceptors (Lipinski definition) is 3. The van der Waals surface area contributed by atoms with E-state index in [4.69, 9.17) is 0 Å². The second-order valence-electron chi connectivity index (χ2n) is 4.40. The predicted molar refractivity (Wildman–Crippen MR) is 52.0 cm³/mol. The lowest BCUT2D eigenvalue weighted by Gasteiger charge is -2.35. The Balaban J connectivity index is 2.65. The highest BCUT2D eigenvalue weighted by atomic mass is 16.3. The SMILES string of the molecule is CCC1(O)CCC(O)N1CC(C)C. The molecule has 0 spiro atoms. The number of rotatable bonds is 3.